The van der Waals surface area contributed by atoms with Crippen LogP contribution in [0.3, 0.4) is 0 Å². The third-order valence-corrected chi connectivity index (χ3v) is 18.2. The quantitative estimate of drug-likeness (QED) is 0.112. The van der Waals surface area contributed by atoms with Gasteiger partial charge in [0.1, 0.15) is 23.0 Å². The minimum atomic E-state index is -0.0195. The summed E-state index contributed by atoms with van der Waals surface area (Å²) >= 11 is 0. The number of benzene rings is 10. The second-order valence-electron chi connectivity index (χ2n) is 25.1. The van der Waals surface area contributed by atoms with Gasteiger partial charge in [-0.25, -0.2) is 0 Å². The van der Waals surface area contributed by atoms with Gasteiger partial charge in [-0.3, -0.25) is 0 Å². The van der Waals surface area contributed by atoms with Gasteiger partial charge in [0, 0.05) is 0 Å². The SMILES string of the molecule is Cc1cc2c3c(c1)-c1cc(-c4c(C(C)C)cc(C(C)C)cc4C(C)C)c4cc5c6c(cc(-c7c(C(C)C)cc(C(C)C)cc7C(C)C)c7cc(c1c4c76)B3c1ccccc1O2)-c1cc(C)cc2c1B5c1ccccc1O2. The summed E-state index contributed by atoms with van der Waals surface area (Å²) in [5, 5.41) is 8.24. The van der Waals surface area contributed by atoms with Gasteiger partial charge in [0.25, 0.3) is 13.4 Å². The van der Waals surface area contributed by atoms with Crippen LogP contribution in [0.25, 0.3) is 76.8 Å². The highest BCUT2D eigenvalue weighted by atomic mass is 16.5. The molecule has 374 valence electrons. The molecular formula is C72H68B2O2. The van der Waals surface area contributed by atoms with E-state index in [-0.39, 0.29) is 13.4 Å². The topological polar surface area (TPSA) is 18.5 Å². The summed E-state index contributed by atoms with van der Waals surface area (Å²) in [6.45, 7) is 33.2. The van der Waals surface area contributed by atoms with E-state index >= 15 is 0 Å². The molecule has 2 nitrogen and oxygen atoms in total. The van der Waals surface area contributed by atoms with Crippen LogP contribution in [0.4, 0.5) is 0 Å². The zero-order chi connectivity index (χ0) is 52.7. The summed E-state index contributed by atoms with van der Waals surface area (Å²) in [4.78, 5) is 0. The van der Waals surface area contributed by atoms with Crippen LogP contribution in [0.15, 0.2) is 121 Å². The van der Waals surface area contributed by atoms with Gasteiger partial charge in [0.05, 0.1) is 0 Å². The molecule has 0 N–H and O–H groups in total. The molecule has 0 amide bonds. The van der Waals surface area contributed by atoms with Gasteiger partial charge in [0.2, 0.25) is 0 Å². The summed E-state index contributed by atoms with van der Waals surface area (Å²) in [7, 11) is 0. The molecule has 4 heterocycles. The summed E-state index contributed by atoms with van der Waals surface area (Å²) in [6, 6.07) is 48.2. The maximum atomic E-state index is 7.06. The van der Waals surface area contributed by atoms with Crippen molar-refractivity contribution < 1.29 is 9.47 Å². The van der Waals surface area contributed by atoms with E-state index < -0.39 is 0 Å². The fraction of sp³-hybridized carbons (Fsp3) is 0.278. The minimum Gasteiger partial charge on any atom is -0.458 e. The lowest BCUT2D eigenvalue weighted by Crippen LogP contribution is -2.58. The third kappa shape index (κ3) is 6.55. The first-order valence-electron chi connectivity index (χ1n) is 28.5. The van der Waals surface area contributed by atoms with Crippen molar-refractivity contribution in [1.29, 1.82) is 0 Å². The van der Waals surface area contributed by atoms with Gasteiger partial charge in [-0.15, -0.1) is 0 Å². The lowest BCUT2D eigenvalue weighted by Gasteiger charge is -2.38. The average molecular weight is 987 g/mol. The summed E-state index contributed by atoms with van der Waals surface area (Å²) < 4.78 is 14.1. The molecule has 4 aliphatic heterocycles. The highest BCUT2D eigenvalue weighted by molar-refractivity contribution is 7.01. The Hall–Kier alpha value is -7.03. The molecule has 0 radical (unpaired) electrons. The second kappa shape index (κ2) is 16.7. The van der Waals surface area contributed by atoms with Crippen molar-refractivity contribution in [3.05, 3.63) is 166 Å². The predicted molar refractivity (Wildman–Crippen MR) is 328 cm³/mol. The highest BCUT2D eigenvalue weighted by Gasteiger charge is 2.45. The molecule has 10 aromatic carbocycles. The molecule has 0 unspecified atom stereocenters. The lowest BCUT2D eigenvalue weighted by atomic mass is 9.31. The smallest absolute Gasteiger partial charge is 0.252 e. The molecule has 4 aliphatic rings. The molecule has 0 saturated carbocycles. The highest BCUT2D eigenvalue weighted by Crippen LogP contribution is 2.54. The monoisotopic (exact) mass is 987 g/mol. The van der Waals surface area contributed by atoms with Crippen LogP contribution < -0.4 is 42.3 Å². The molecule has 0 bridgehead atoms. The Morgan fingerprint density at radius 2 is 0.671 bits per heavy atom. The second-order valence-corrected chi connectivity index (χ2v) is 25.1. The van der Waals surface area contributed by atoms with E-state index in [4.69, 9.17) is 9.47 Å². The Kier molecular flexibility index (Phi) is 10.4. The van der Waals surface area contributed by atoms with E-state index in [2.05, 4.69) is 218 Å². The Morgan fingerprint density at radius 1 is 0.316 bits per heavy atom. The molecule has 0 fully saturated rings. The molecule has 0 aliphatic carbocycles. The Balaban J connectivity index is 1.29. The number of hydrogen-bond acceptors (Lipinski definition) is 2. The van der Waals surface area contributed by atoms with Crippen molar-refractivity contribution in [3.8, 4) is 67.5 Å². The van der Waals surface area contributed by atoms with Crippen molar-refractivity contribution >= 4 is 78.5 Å². The van der Waals surface area contributed by atoms with Gasteiger partial charge in [-0.1, -0.05) is 179 Å². The van der Waals surface area contributed by atoms with Crippen LogP contribution in [-0.4, -0.2) is 13.4 Å². The number of aryl methyl sites for hydroxylation is 2. The van der Waals surface area contributed by atoms with Gasteiger partial charge in [0.15, 0.2) is 0 Å². The number of para-hydroxylation sites is 2. The van der Waals surface area contributed by atoms with Crippen LogP contribution in [0, 0.1) is 13.8 Å². The first-order chi connectivity index (χ1) is 36.5. The first-order valence-corrected chi connectivity index (χ1v) is 28.5. The van der Waals surface area contributed by atoms with Gasteiger partial charge in [-0.2, -0.15) is 0 Å². The molecule has 76 heavy (non-hydrogen) atoms. The van der Waals surface area contributed by atoms with Crippen LogP contribution in [0.5, 0.6) is 23.0 Å². The lowest BCUT2D eigenvalue weighted by molar-refractivity contribution is 0.487. The van der Waals surface area contributed by atoms with Crippen LogP contribution in [0.2, 0.25) is 0 Å². The van der Waals surface area contributed by atoms with E-state index in [0.29, 0.717) is 35.5 Å². The standard InChI is InChI=1S/C72H68B2O2/c1-35(2)43-27-45(37(5)6)65(46(28-43)38(7)8)49-31-51-55-23-41(13)25-63-71(55)74(58-20-16-18-22-62(58)75-63)60-34-54-50(66-47(39(9)10)29-44(36(3)4)30-48(66)40(11)12)32-52-56-24-42(14)26-64-72(56)73(57-19-15-17-21-61(57)76-64)59-33-53(49)69(67(51)60)70(54)68(52)59/h15-40H,1-14H3. The number of hydrogen-bond donors (Lipinski definition) is 0. The average Bonchev–Trinajstić information content (AvgIpc) is 3.55. The molecule has 0 atom stereocenters. The van der Waals surface area contributed by atoms with Crippen molar-refractivity contribution in [2.24, 2.45) is 0 Å². The molecular weight excluding hydrogens is 918 g/mol. The molecule has 4 heteroatoms. The fourth-order valence-corrected chi connectivity index (χ4v) is 14.7. The minimum absolute atomic E-state index is 0.0195. The Bertz CT molecular complexity index is 3840. The molecule has 0 aromatic heterocycles. The van der Waals surface area contributed by atoms with Gasteiger partial charge in [-0.05, 0) is 229 Å². The van der Waals surface area contributed by atoms with Crippen LogP contribution >= 0.6 is 0 Å². The zero-order valence-corrected chi connectivity index (χ0v) is 47.0. The van der Waals surface area contributed by atoms with Crippen molar-refractivity contribution in [3.63, 3.8) is 0 Å². The van der Waals surface area contributed by atoms with E-state index in [9.17, 15) is 0 Å². The normalized spacial score (nSPS) is 13.7. The van der Waals surface area contributed by atoms with Gasteiger partial charge < -0.3 is 9.47 Å². The van der Waals surface area contributed by atoms with Crippen LogP contribution in [-0.2, 0) is 0 Å². The molecule has 14 rings (SSSR count). The van der Waals surface area contributed by atoms with Crippen molar-refractivity contribution in [1.82, 2.24) is 0 Å². The van der Waals surface area contributed by atoms with Crippen molar-refractivity contribution in [2.75, 3.05) is 0 Å². The Morgan fingerprint density at radius 3 is 1.01 bits per heavy atom. The molecule has 0 spiro atoms. The zero-order valence-electron chi connectivity index (χ0n) is 47.0. The van der Waals surface area contributed by atoms with E-state index in [1.54, 1.807) is 0 Å². The molecule has 0 saturated heterocycles. The summed E-state index contributed by atoms with van der Waals surface area (Å²) in [5.41, 5.74) is 29.5. The fourth-order valence-electron chi connectivity index (χ4n) is 14.7. The predicted octanol–water partition coefficient (Wildman–Crippen LogP) is 16.5. The number of fused-ring (bicyclic) bond motifs is 8. The van der Waals surface area contributed by atoms with Crippen LogP contribution in [0.1, 0.15) is 163 Å². The Labute approximate surface area is 451 Å². The maximum Gasteiger partial charge on any atom is 0.252 e. The largest absolute Gasteiger partial charge is 0.458 e. The van der Waals surface area contributed by atoms with E-state index in [0.717, 1.165) is 23.0 Å². The third-order valence-electron chi connectivity index (χ3n) is 18.2. The number of ether oxygens (including phenoxy) is 2. The van der Waals surface area contributed by atoms with Gasteiger partial charge >= 0.3 is 0 Å². The summed E-state index contributed by atoms with van der Waals surface area (Å²) in [5.74, 6) is 5.86. The maximum absolute atomic E-state index is 7.06. The summed E-state index contributed by atoms with van der Waals surface area (Å²) in [6.07, 6.45) is 0. The van der Waals surface area contributed by atoms with E-state index in [1.807, 2.05) is 0 Å². The van der Waals surface area contributed by atoms with Crippen molar-refractivity contribution in [2.45, 2.75) is 132 Å². The number of rotatable bonds is 8. The van der Waals surface area contributed by atoms with E-state index in [1.165, 1.54) is 154 Å². The molecule has 10 aromatic rings. The first kappa shape index (κ1) is 47.4.